The van der Waals surface area contributed by atoms with Gasteiger partial charge in [0.15, 0.2) is 0 Å². The lowest BCUT2D eigenvalue weighted by Crippen LogP contribution is -2.59. The minimum Gasteiger partial charge on any atom is -0.311 e. The van der Waals surface area contributed by atoms with Crippen LogP contribution in [0, 0.1) is 0 Å². The molecule has 2 rings (SSSR count). The molecule has 8 heteroatoms. The molecule has 2 fully saturated rings. The Balaban J connectivity index is 1.79. The molecule has 0 aromatic carbocycles. The fourth-order valence-corrected chi connectivity index (χ4v) is 4.37. The maximum absolute atomic E-state index is 12.0. The SMILES string of the molecule is O=S(=O)(CCCC(F)(F)F)NC1CCNC2(CCC2)C1. The van der Waals surface area contributed by atoms with Gasteiger partial charge in [0, 0.05) is 18.0 Å². The van der Waals surface area contributed by atoms with E-state index in [0.717, 1.165) is 32.2 Å². The van der Waals surface area contributed by atoms with Crippen molar-refractivity contribution in [3.8, 4) is 0 Å². The maximum Gasteiger partial charge on any atom is 0.389 e. The molecule has 1 aliphatic heterocycles. The summed E-state index contributed by atoms with van der Waals surface area (Å²) in [5.41, 5.74) is 0.0669. The van der Waals surface area contributed by atoms with Crippen LogP contribution in [0.2, 0.25) is 0 Å². The first kappa shape index (κ1) is 16.0. The fraction of sp³-hybridized carbons (Fsp3) is 1.00. The van der Waals surface area contributed by atoms with Gasteiger partial charge in [0.2, 0.25) is 10.0 Å². The van der Waals surface area contributed by atoms with Crippen molar-refractivity contribution < 1.29 is 21.6 Å². The number of rotatable bonds is 5. The number of hydrogen-bond acceptors (Lipinski definition) is 3. The molecule has 2 N–H and O–H groups in total. The van der Waals surface area contributed by atoms with Crippen molar-refractivity contribution in [1.82, 2.24) is 10.0 Å². The molecule has 118 valence electrons. The summed E-state index contributed by atoms with van der Waals surface area (Å²) in [5, 5.41) is 3.43. The van der Waals surface area contributed by atoms with Crippen molar-refractivity contribution in [2.75, 3.05) is 12.3 Å². The fourth-order valence-electron chi connectivity index (χ4n) is 3.02. The molecule has 0 radical (unpaired) electrons. The predicted molar refractivity (Wildman–Crippen MR) is 69.8 cm³/mol. The smallest absolute Gasteiger partial charge is 0.311 e. The third-order valence-corrected chi connectivity index (χ3v) is 5.68. The van der Waals surface area contributed by atoms with Gasteiger partial charge in [0.1, 0.15) is 0 Å². The van der Waals surface area contributed by atoms with Crippen molar-refractivity contribution in [3.63, 3.8) is 0 Å². The van der Waals surface area contributed by atoms with Crippen LogP contribution in [0.1, 0.15) is 44.9 Å². The second-order valence-electron chi connectivity index (χ2n) is 5.91. The number of nitrogens with one attached hydrogen (secondary N) is 2. The van der Waals surface area contributed by atoms with E-state index in [-0.39, 0.29) is 18.0 Å². The van der Waals surface area contributed by atoms with Crippen molar-refractivity contribution in [1.29, 1.82) is 0 Å². The molecule has 1 saturated heterocycles. The highest BCUT2D eigenvalue weighted by atomic mass is 32.2. The van der Waals surface area contributed by atoms with Gasteiger partial charge < -0.3 is 5.32 Å². The third-order valence-electron chi connectivity index (χ3n) is 4.16. The Morgan fingerprint density at radius 2 is 2.00 bits per heavy atom. The van der Waals surface area contributed by atoms with Crippen molar-refractivity contribution >= 4 is 10.0 Å². The van der Waals surface area contributed by atoms with Gasteiger partial charge in [-0.1, -0.05) is 0 Å². The minimum absolute atomic E-state index is 0.0669. The van der Waals surface area contributed by atoms with Gasteiger partial charge in [-0.15, -0.1) is 0 Å². The summed E-state index contributed by atoms with van der Waals surface area (Å²) in [6.07, 6.45) is -1.03. The average Bonchev–Trinajstić information content (AvgIpc) is 2.24. The van der Waals surface area contributed by atoms with Gasteiger partial charge in [0.05, 0.1) is 5.75 Å². The summed E-state index contributed by atoms with van der Waals surface area (Å²) in [6.45, 7) is 0.760. The Bertz CT molecular complexity index is 432. The molecule has 1 spiro atoms. The Hall–Kier alpha value is -0.340. The molecule has 1 heterocycles. The number of sulfonamides is 1. The molecule has 1 saturated carbocycles. The first-order chi connectivity index (χ1) is 9.20. The molecular formula is C12H21F3N2O2S. The number of alkyl halides is 3. The summed E-state index contributed by atoms with van der Waals surface area (Å²) < 4.78 is 62.2. The van der Waals surface area contributed by atoms with E-state index in [1.54, 1.807) is 0 Å². The zero-order chi connectivity index (χ0) is 14.9. The number of hydrogen-bond donors (Lipinski definition) is 2. The monoisotopic (exact) mass is 314 g/mol. The molecule has 20 heavy (non-hydrogen) atoms. The second kappa shape index (κ2) is 5.81. The lowest BCUT2D eigenvalue weighted by atomic mass is 9.70. The summed E-state index contributed by atoms with van der Waals surface area (Å²) >= 11 is 0. The van der Waals surface area contributed by atoms with Crippen molar-refractivity contribution in [2.45, 2.75) is 62.7 Å². The Kier molecular flexibility index (Phi) is 4.66. The van der Waals surface area contributed by atoms with Gasteiger partial charge in [-0.2, -0.15) is 13.2 Å². The van der Waals surface area contributed by atoms with E-state index in [1.807, 2.05) is 0 Å². The van der Waals surface area contributed by atoms with Crippen LogP contribution in [0.5, 0.6) is 0 Å². The summed E-state index contributed by atoms with van der Waals surface area (Å²) in [4.78, 5) is 0. The molecule has 1 atom stereocenters. The molecule has 4 nitrogen and oxygen atoms in total. The van der Waals surface area contributed by atoms with Crippen LogP contribution in [-0.4, -0.2) is 38.5 Å². The zero-order valence-corrected chi connectivity index (χ0v) is 12.1. The van der Waals surface area contributed by atoms with Crippen molar-refractivity contribution in [3.05, 3.63) is 0 Å². The van der Waals surface area contributed by atoms with E-state index in [0.29, 0.717) is 6.42 Å². The summed E-state index contributed by atoms with van der Waals surface area (Å²) in [6, 6.07) is -0.146. The van der Waals surface area contributed by atoms with Crippen LogP contribution in [0.15, 0.2) is 0 Å². The standard InChI is InChI=1S/C12H21F3N2O2S/c13-12(14,15)6-2-8-20(18,19)17-10-3-7-16-11(9-10)4-1-5-11/h10,16-17H,1-9H2. The van der Waals surface area contributed by atoms with E-state index in [2.05, 4.69) is 10.0 Å². The molecule has 0 aromatic heterocycles. The van der Waals surface area contributed by atoms with E-state index >= 15 is 0 Å². The Labute approximate surface area is 117 Å². The lowest BCUT2D eigenvalue weighted by Gasteiger charge is -2.48. The van der Waals surface area contributed by atoms with Crippen LogP contribution >= 0.6 is 0 Å². The van der Waals surface area contributed by atoms with Crippen LogP contribution in [0.3, 0.4) is 0 Å². The normalized spacial score (nSPS) is 26.4. The highest BCUT2D eigenvalue weighted by Gasteiger charge is 2.41. The highest BCUT2D eigenvalue weighted by Crippen LogP contribution is 2.38. The first-order valence-corrected chi connectivity index (χ1v) is 8.67. The first-order valence-electron chi connectivity index (χ1n) is 7.02. The summed E-state index contributed by atoms with van der Waals surface area (Å²) in [5.74, 6) is -0.455. The van der Waals surface area contributed by atoms with Gasteiger partial charge >= 0.3 is 6.18 Å². The van der Waals surface area contributed by atoms with E-state index in [4.69, 9.17) is 0 Å². The molecule has 0 aromatic rings. The minimum atomic E-state index is -4.29. The van der Waals surface area contributed by atoms with E-state index < -0.39 is 28.4 Å². The second-order valence-corrected chi connectivity index (χ2v) is 7.78. The molecule has 2 aliphatic rings. The largest absolute Gasteiger partial charge is 0.389 e. The quantitative estimate of drug-likeness (QED) is 0.815. The Morgan fingerprint density at radius 3 is 2.55 bits per heavy atom. The molecule has 1 unspecified atom stereocenters. The topological polar surface area (TPSA) is 58.2 Å². The van der Waals surface area contributed by atoms with E-state index in [1.165, 1.54) is 0 Å². The van der Waals surface area contributed by atoms with Crippen molar-refractivity contribution in [2.24, 2.45) is 0 Å². The third kappa shape index (κ3) is 4.60. The molecular weight excluding hydrogens is 293 g/mol. The lowest BCUT2D eigenvalue weighted by molar-refractivity contribution is -0.134. The highest BCUT2D eigenvalue weighted by molar-refractivity contribution is 7.89. The number of piperidine rings is 1. The van der Waals surface area contributed by atoms with Gasteiger partial charge in [-0.3, -0.25) is 0 Å². The molecule has 0 amide bonds. The maximum atomic E-state index is 12.0. The van der Waals surface area contributed by atoms with Crippen LogP contribution < -0.4 is 10.0 Å². The number of halogens is 3. The van der Waals surface area contributed by atoms with Gasteiger partial charge in [-0.25, -0.2) is 13.1 Å². The zero-order valence-electron chi connectivity index (χ0n) is 11.3. The summed E-state index contributed by atoms with van der Waals surface area (Å²) in [7, 11) is -3.62. The predicted octanol–water partition coefficient (Wildman–Crippen LogP) is 1.92. The van der Waals surface area contributed by atoms with Gasteiger partial charge in [-0.05, 0) is 45.1 Å². The average molecular weight is 314 g/mol. The Morgan fingerprint density at radius 1 is 1.30 bits per heavy atom. The van der Waals surface area contributed by atoms with Gasteiger partial charge in [0.25, 0.3) is 0 Å². The molecule has 1 aliphatic carbocycles. The molecule has 0 bridgehead atoms. The van der Waals surface area contributed by atoms with E-state index in [9.17, 15) is 21.6 Å². The van der Waals surface area contributed by atoms with Crippen LogP contribution in [0.4, 0.5) is 13.2 Å². The van der Waals surface area contributed by atoms with Crippen LogP contribution in [-0.2, 0) is 10.0 Å². The van der Waals surface area contributed by atoms with Crippen LogP contribution in [0.25, 0.3) is 0 Å².